The monoisotopic (exact) mass is 287 g/mol. The van der Waals surface area contributed by atoms with Crippen molar-refractivity contribution in [2.45, 2.75) is 13.3 Å². The minimum atomic E-state index is -0.0183. The van der Waals surface area contributed by atoms with Gasteiger partial charge in [0.25, 0.3) is 0 Å². The molecule has 0 aromatic carbocycles. The molecule has 20 heavy (non-hydrogen) atoms. The molecule has 6 heteroatoms. The molecule has 0 aromatic rings. The Hall–Kier alpha value is -0.850. The molecular formula is C14H29N3O3. The predicted octanol–water partition coefficient (Wildman–Crippen LogP) is 0.225. The molecule has 1 aliphatic heterocycles. The molecule has 1 saturated heterocycles. The van der Waals surface area contributed by atoms with Gasteiger partial charge in [-0.05, 0) is 26.3 Å². The summed E-state index contributed by atoms with van der Waals surface area (Å²) in [6.45, 7) is 6.65. The summed E-state index contributed by atoms with van der Waals surface area (Å²) in [6, 6.07) is -0.0183. The Morgan fingerprint density at radius 3 is 2.75 bits per heavy atom. The summed E-state index contributed by atoms with van der Waals surface area (Å²) in [5, 5.41) is 12.3. The van der Waals surface area contributed by atoms with Gasteiger partial charge in [0.1, 0.15) is 0 Å². The molecule has 1 fully saturated rings. The van der Waals surface area contributed by atoms with E-state index in [9.17, 15) is 9.90 Å². The Labute approximate surface area is 122 Å². The molecule has 6 nitrogen and oxygen atoms in total. The largest absolute Gasteiger partial charge is 0.396 e. The van der Waals surface area contributed by atoms with Gasteiger partial charge in [0.15, 0.2) is 0 Å². The number of carbonyl (C=O) groups excluding carboxylic acids is 1. The Morgan fingerprint density at radius 2 is 2.15 bits per heavy atom. The summed E-state index contributed by atoms with van der Waals surface area (Å²) >= 11 is 0. The molecule has 1 heterocycles. The first-order valence-electron chi connectivity index (χ1n) is 7.41. The number of rotatable bonds is 7. The van der Waals surface area contributed by atoms with E-state index in [0.29, 0.717) is 25.6 Å². The number of nitrogens with zero attached hydrogens (tertiary/aromatic N) is 2. The van der Waals surface area contributed by atoms with E-state index in [1.165, 1.54) is 0 Å². The molecule has 1 rings (SSSR count). The summed E-state index contributed by atoms with van der Waals surface area (Å²) in [7, 11) is 3.77. The Kier molecular flexibility index (Phi) is 7.87. The number of amides is 2. The maximum atomic E-state index is 12.0. The van der Waals surface area contributed by atoms with E-state index < -0.39 is 0 Å². The quantitative estimate of drug-likeness (QED) is 0.703. The summed E-state index contributed by atoms with van der Waals surface area (Å²) < 4.78 is 5.08. The Bertz CT molecular complexity index is 289. The third-order valence-corrected chi connectivity index (χ3v) is 3.74. The van der Waals surface area contributed by atoms with Gasteiger partial charge >= 0.3 is 6.03 Å². The second-order valence-electron chi connectivity index (χ2n) is 5.65. The highest BCUT2D eigenvalue weighted by molar-refractivity contribution is 5.74. The van der Waals surface area contributed by atoms with Gasteiger partial charge in [0, 0.05) is 52.4 Å². The third kappa shape index (κ3) is 5.64. The van der Waals surface area contributed by atoms with Crippen molar-refractivity contribution in [2.75, 3.05) is 60.1 Å². The van der Waals surface area contributed by atoms with Gasteiger partial charge in [-0.15, -0.1) is 0 Å². The lowest BCUT2D eigenvalue weighted by Gasteiger charge is -2.38. The molecule has 2 amide bonds. The number of methoxy groups -OCH3 is 1. The molecular weight excluding hydrogens is 258 g/mol. The zero-order valence-electron chi connectivity index (χ0n) is 13.0. The standard InChI is InChI=1S/C14H29N3O3/c1-4-15-14(19)17-9-12(7-13(10-17)11-18)8-16(2)5-6-20-3/h12-13,18H,4-11H2,1-3H3,(H,15,19)/t12-,13+/m1/s1. The highest BCUT2D eigenvalue weighted by Crippen LogP contribution is 2.22. The van der Waals surface area contributed by atoms with Gasteiger partial charge in [-0.3, -0.25) is 0 Å². The number of piperidine rings is 1. The van der Waals surface area contributed by atoms with Crippen LogP contribution in [0.1, 0.15) is 13.3 Å². The first-order chi connectivity index (χ1) is 9.60. The number of urea groups is 1. The van der Waals surface area contributed by atoms with Crippen molar-refractivity contribution in [3.8, 4) is 0 Å². The van der Waals surface area contributed by atoms with E-state index in [4.69, 9.17) is 4.74 Å². The summed E-state index contributed by atoms with van der Waals surface area (Å²) in [6.07, 6.45) is 0.976. The van der Waals surface area contributed by atoms with Crippen LogP contribution in [0.25, 0.3) is 0 Å². The van der Waals surface area contributed by atoms with Gasteiger partial charge in [-0.1, -0.05) is 0 Å². The van der Waals surface area contributed by atoms with Crippen molar-refractivity contribution < 1.29 is 14.6 Å². The van der Waals surface area contributed by atoms with Crippen LogP contribution in [0.5, 0.6) is 0 Å². The first kappa shape index (κ1) is 17.2. The zero-order chi connectivity index (χ0) is 15.0. The van der Waals surface area contributed by atoms with Gasteiger partial charge in [0.2, 0.25) is 0 Å². The van der Waals surface area contributed by atoms with Crippen LogP contribution in [0.3, 0.4) is 0 Å². The predicted molar refractivity (Wildman–Crippen MR) is 78.7 cm³/mol. The summed E-state index contributed by atoms with van der Waals surface area (Å²) in [5.41, 5.74) is 0. The molecule has 2 atom stereocenters. The summed E-state index contributed by atoms with van der Waals surface area (Å²) in [4.78, 5) is 16.0. The number of likely N-dealkylation sites (tertiary alicyclic amines) is 1. The fourth-order valence-electron chi connectivity index (χ4n) is 2.79. The lowest BCUT2D eigenvalue weighted by molar-refractivity contribution is 0.0799. The number of hydrogen-bond acceptors (Lipinski definition) is 4. The normalized spacial score (nSPS) is 23.1. The number of likely N-dealkylation sites (N-methyl/N-ethyl adjacent to an activating group) is 1. The second kappa shape index (κ2) is 9.15. The second-order valence-corrected chi connectivity index (χ2v) is 5.65. The number of ether oxygens (including phenoxy) is 1. The van der Waals surface area contributed by atoms with Crippen molar-refractivity contribution in [1.82, 2.24) is 15.1 Å². The van der Waals surface area contributed by atoms with Crippen LogP contribution in [0, 0.1) is 11.8 Å². The SMILES string of the molecule is CCNC(=O)N1C[C@@H](CN(C)CCOC)C[C@H](CO)C1. The molecule has 0 spiro atoms. The van der Waals surface area contributed by atoms with Crippen molar-refractivity contribution in [3.63, 3.8) is 0 Å². The number of hydrogen-bond donors (Lipinski definition) is 2. The average molecular weight is 287 g/mol. The molecule has 2 N–H and O–H groups in total. The molecule has 0 saturated carbocycles. The Balaban J connectivity index is 2.50. The minimum absolute atomic E-state index is 0.0183. The van der Waals surface area contributed by atoms with Crippen molar-refractivity contribution in [2.24, 2.45) is 11.8 Å². The van der Waals surface area contributed by atoms with E-state index in [-0.39, 0.29) is 18.6 Å². The van der Waals surface area contributed by atoms with Crippen LogP contribution in [-0.2, 0) is 4.74 Å². The maximum Gasteiger partial charge on any atom is 0.317 e. The average Bonchev–Trinajstić information content (AvgIpc) is 2.44. The zero-order valence-corrected chi connectivity index (χ0v) is 13.0. The van der Waals surface area contributed by atoms with E-state index in [0.717, 1.165) is 26.1 Å². The van der Waals surface area contributed by atoms with Gasteiger partial charge in [-0.25, -0.2) is 4.79 Å². The van der Waals surface area contributed by atoms with Crippen LogP contribution in [0.2, 0.25) is 0 Å². The van der Waals surface area contributed by atoms with Crippen molar-refractivity contribution in [3.05, 3.63) is 0 Å². The molecule has 0 aromatic heterocycles. The van der Waals surface area contributed by atoms with Crippen molar-refractivity contribution in [1.29, 1.82) is 0 Å². The highest BCUT2D eigenvalue weighted by atomic mass is 16.5. The third-order valence-electron chi connectivity index (χ3n) is 3.74. The number of aliphatic hydroxyl groups is 1. The first-order valence-corrected chi connectivity index (χ1v) is 7.41. The highest BCUT2D eigenvalue weighted by Gasteiger charge is 2.29. The molecule has 0 bridgehead atoms. The molecule has 118 valence electrons. The lowest BCUT2D eigenvalue weighted by atomic mass is 9.89. The number of nitrogens with one attached hydrogen (secondary N) is 1. The van der Waals surface area contributed by atoms with E-state index in [2.05, 4.69) is 17.3 Å². The topological polar surface area (TPSA) is 65.0 Å². The number of aliphatic hydroxyl groups excluding tert-OH is 1. The molecule has 0 radical (unpaired) electrons. The molecule has 0 unspecified atom stereocenters. The molecule has 1 aliphatic rings. The fraction of sp³-hybridized carbons (Fsp3) is 0.929. The van der Waals surface area contributed by atoms with Crippen molar-refractivity contribution >= 4 is 6.03 Å². The van der Waals surface area contributed by atoms with Gasteiger partial charge in [-0.2, -0.15) is 0 Å². The fourth-order valence-corrected chi connectivity index (χ4v) is 2.79. The number of carbonyl (C=O) groups is 1. The Morgan fingerprint density at radius 1 is 1.45 bits per heavy atom. The van der Waals surface area contributed by atoms with Crippen LogP contribution in [-0.4, -0.2) is 81.0 Å². The van der Waals surface area contributed by atoms with Gasteiger partial charge < -0.3 is 25.0 Å². The van der Waals surface area contributed by atoms with E-state index in [1.54, 1.807) is 7.11 Å². The van der Waals surface area contributed by atoms with Crippen LogP contribution >= 0.6 is 0 Å². The van der Waals surface area contributed by atoms with Crippen LogP contribution in [0.4, 0.5) is 4.79 Å². The van der Waals surface area contributed by atoms with Gasteiger partial charge in [0.05, 0.1) is 6.61 Å². The van der Waals surface area contributed by atoms with E-state index >= 15 is 0 Å². The summed E-state index contributed by atoms with van der Waals surface area (Å²) in [5.74, 6) is 0.595. The van der Waals surface area contributed by atoms with Crippen LogP contribution < -0.4 is 5.32 Å². The lowest BCUT2D eigenvalue weighted by Crippen LogP contribution is -2.51. The minimum Gasteiger partial charge on any atom is -0.396 e. The molecule has 0 aliphatic carbocycles. The van der Waals surface area contributed by atoms with E-state index in [1.807, 2.05) is 11.8 Å². The van der Waals surface area contributed by atoms with Crippen LogP contribution in [0.15, 0.2) is 0 Å². The maximum absolute atomic E-state index is 12.0. The smallest absolute Gasteiger partial charge is 0.317 e.